The normalized spacial score (nSPS) is 12.7. The van der Waals surface area contributed by atoms with Gasteiger partial charge < -0.3 is 9.13 Å². The van der Waals surface area contributed by atoms with Gasteiger partial charge in [0.1, 0.15) is 11.6 Å². The van der Waals surface area contributed by atoms with Crippen LogP contribution in [0.3, 0.4) is 0 Å². The zero-order valence-corrected chi connectivity index (χ0v) is 45.0. The van der Waals surface area contributed by atoms with Gasteiger partial charge in [0.05, 0.1) is 44.6 Å². The molecule has 0 unspecified atom stereocenters. The van der Waals surface area contributed by atoms with Crippen molar-refractivity contribution in [2.75, 3.05) is 0 Å². The highest BCUT2D eigenvalue weighted by molar-refractivity contribution is 6.14. The van der Waals surface area contributed by atoms with E-state index >= 15 is 0 Å². The minimum Gasteiger partial charge on any atom is -0.308 e. The maximum atomic E-state index is 12.2. The molecule has 2 aliphatic carbocycles. The van der Waals surface area contributed by atoms with Crippen molar-refractivity contribution in [1.82, 2.24) is 14.1 Å². The summed E-state index contributed by atoms with van der Waals surface area (Å²) in [5.74, 6) is 0. The van der Waals surface area contributed by atoms with Crippen LogP contribution < -0.4 is 0 Å². The smallest absolute Gasteiger partial charge is 0.104 e. The van der Waals surface area contributed by atoms with E-state index in [2.05, 4.69) is 300 Å². The molecule has 0 atom stereocenters. The van der Waals surface area contributed by atoms with E-state index in [4.69, 9.17) is 4.98 Å². The van der Waals surface area contributed by atoms with Gasteiger partial charge in [-0.15, -0.1) is 0 Å². The Kier molecular flexibility index (Phi) is 10.3. The van der Waals surface area contributed by atoms with Crippen LogP contribution in [0.5, 0.6) is 0 Å². The second kappa shape index (κ2) is 18.2. The predicted molar refractivity (Wildman–Crippen MR) is 341 cm³/mol. The summed E-state index contributed by atoms with van der Waals surface area (Å²) in [5, 5.41) is 16.6. The van der Waals surface area contributed by atoms with Crippen LogP contribution in [0.15, 0.2) is 291 Å². The summed E-state index contributed by atoms with van der Waals surface area (Å²) in [6, 6.07) is 106. The summed E-state index contributed by atoms with van der Waals surface area (Å²) in [6.45, 7) is 0. The lowest BCUT2D eigenvalue weighted by molar-refractivity contribution is 0.792. The van der Waals surface area contributed by atoms with Crippen LogP contribution >= 0.6 is 0 Å². The zero-order valence-electron chi connectivity index (χ0n) is 45.0. The van der Waals surface area contributed by atoms with E-state index < -0.39 is 5.41 Å². The highest BCUT2D eigenvalue weighted by atomic mass is 15.0. The molecule has 3 aromatic heterocycles. The number of aromatic nitrogens is 3. The van der Waals surface area contributed by atoms with Crippen LogP contribution in [0.1, 0.15) is 27.8 Å². The van der Waals surface area contributed by atoms with E-state index in [-0.39, 0.29) is 0 Å². The van der Waals surface area contributed by atoms with Gasteiger partial charge in [-0.05, 0) is 150 Å². The molecule has 83 heavy (non-hydrogen) atoms. The average Bonchev–Trinajstić information content (AvgIpc) is 1.71. The quantitative estimate of drug-likeness (QED) is 0.160. The largest absolute Gasteiger partial charge is 0.308 e. The SMILES string of the molecule is N#Cc1c(-n2c3ccc(-c4ccccc4)cc3c3cc(-c4ccccc4)ccc32)cc(-c2nccc3c2-c2ccccc2C32c3ccccc3-c3ccccc32)cc1-n1c2ccc(-c3ccccc3)cc2c2cc(-c3ccccc3)ccc21. The second-order valence-corrected chi connectivity index (χ2v) is 22.0. The van der Waals surface area contributed by atoms with Gasteiger partial charge >= 0.3 is 0 Å². The van der Waals surface area contributed by atoms with Crippen molar-refractivity contribution < 1.29 is 0 Å². The first kappa shape index (κ1) is 46.8. The summed E-state index contributed by atoms with van der Waals surface area (Å²) >= 11 is 0. The summed E-state index contributed by atoms with van der Waals surface area (Å²) in [5.41, 5.74) is 26.1. The Balaban J connectivity index is 1.00. The van der Waals surface area contributed by atoms with Crippen molar-refractivity contribution in [3.8, 4) is 95.5 Å². The molecular weight excluding hydrogens is 1000 g/mol. The molecule has 384 valence electrons. The second-order valence-electron chi connectivity index (χ2n) is 22.0. The van der Waals surface area contributed by atoms with Crippen LogP contribution in [0.25, 0.3) is 133 Å². The summed E-state index contributed by atoms with van der Waals surface area (Å²) in [6.07, 6.45) is 2.01. The molecule has 0 amide bonds. The molecule has 2 aliphatic rings. The van der Waals surface area contributed by atoms with Gasteiger partial charge in [-0.3, -0.25) is 4.98 Å². The minimum atomic E-state index is -0.575. The minimum absolute atomic E-state index is 0.549. The first-order chi connectivity index (χ1) is 41.1. The Bertz CT molecular complexity index is 4740. The fraction of sp³-hybridized carbons (Fsp3) is 0.0127. The molecule has 12 aromatic carbocycles. The van der Waals surface area contributed by atoms with E-state index in [0.717, 1.165) is 122 Å². The molecule has 15 aromatic rings. The number of benzene rings is 12. The highest BCUT2D eigenvalue weighted by Gasteiger charge is 2.52. The van der Waals surface area contributed by atoms with E-state index in [9.17, 15) is 5.26 Å². The van der Waals surface area contributed by atoms with Crippen LogP contribution in [0.2, 0.25) is 0 Å². The van der Waals surface area contributed by atoms with E-state index in [1.807, 2.05) is 6.20 Å². The van der Waals surface area contributed by atoms with Crippen LogP contribution in [0.4, 0.5) is 0 Å². The molecule has 1 spiro atoms. The fourth-order valence-electron chi connectivity index (χ4n) is 14.3. The Labute approximate surface area is 480 Å². The Hall–Kier alpha value is -11.1. The maximum absolute atomic E-state index is 12.2. The summed E-state index contributed by atoms with van der Waals surface area (Å²) < 4.78 is 4.69. The van der Waals surface area contributed by atoms with E-state index in [1.54, 1.807) is 0 Å². The average molecular weight is 1050 g/mol. The van der Waals surface area contributed by atoms with Crippen LogP contribution in [-0.2, 0) is 5.41 Å². The predicted octanol–water partition coefficient (Wildman–Crippen LogP) is 19.8. The third kappa shape index (κ3) is 6.83. The number of hydrogen-bond acceptors (Lipinski definition) is 2. The lowest BCUT2D eigenvalue weighted by atomic mass is 9.70. The van der Waals surface area contributed by atoms with Crippen molar-refractivity contribution in [1.29, 1.82) is 5.26 Å². The first-order valence-corrected chi connectivity index (χ1v) is 28.4. The van der Waals surface area contributed by atoms with Gasteiger partial charge in [-0.2, -0.15) is 5.26 Å². The van der Waals surface area contributed by atoms with Crippen molar-refractivity contribution in [2.24, 2.45) is 0 Å². The Morgan fingerprint density at radius 1 is 0.301 bits per heavy atom. The molecule has 0 saturated heterocycles. The standard InChI is InChI=1S/C79H48N4/c80-49-66-75(82-71-37-33-54(50-19-5-1-6-20-50)43-62(71)63-44-55(34-38-72(63)82)51-21-7-2-8-22-51)47-58(78-77-61-29-15-18-32-69(61)79(70(77)41-42-81-78)67-30-16-13-27-59(67)60-28-14-17-31-68(60)79)48-76(66)83-73-39-35-56(52-23-9-3-10-24-52)45-64(73)65-46-57(36-40-74(65)83)53-25-11-4-12-26-53/h1-48H. The highest BCUT2D eigenvalue weighted by Crippen LogP contribution is 2.64. The maximum Gasteiger partial charge on any atom is 0.104 e. The van der Waals surface area contributed by atoms with Gasteiger partial charge in [0, 0.05) is 38.9 Å². The molecule has 0 aliphatic heterocycles. The Morgan fingerprint density at radius 3 is 1.01 bits per heavy atom. The zero-order chi connectivity index (χ0) is 54.8. The molecule has 0 saturated carbocycles. The molecule has 0 bridgehead atoms. The monoisotopic (exact) mass is 1050 g/mol. The number of rotatable bonds is 7. The number of hydrogen-bond donors (Lipinski definition) is 0. The molecule has 17 rings (SSSR count). The van der Waals surface area contributed by atoms with Crippen molar-refractivity contribution in [3.63, 3.8) is 0 Å². The fourth-order valence-corrected chi connectivity index (χ4v) is 14.3. The van der Waals surface area contributed by atoms with Gasteiger partial charge in [0.25, 0.3) is 0 Å². The topological polar surface area (TPSA) is 46.5 Å². The Morgan fingerprint density at radius 2 is 0.639 bits per heavy atom. The number of fused-ring (bicyclic) bond motifs is 16. The van der Waals surface area contributed by atoms with Gasteiger partial charge in [-0.25, -0.2) is 0 Å². The van der Waals surface area contributed by atoms with Crippen molar-refractivity contribution in [3.05, 3.63) is 319 Å². The number of nitriles is 1. The summed E-state index contributed by atoms with van der Waals surface area (Å²) in [7, 11) is 0. The lowest BCUT2D eigenvalue weighted by Gasteiger charge is -2.30. The van der Waals surface area contributed by atoms with Crippen molar-refractivity contribution in [2.45, 2.75) is 5.41 Å². The molecule has 4 nitrogen and oxygen atoms in total. The molecule has 4 heteroatoms. The lowest BCUT2D eigenvalue weighted by Crippen LogP contribution is -2.25. The van der Waals surface area contributed by atoms with Crippen molar-refractivity contribution >= 4 is 43.6 Å². The third-order valence-corrected chi connectivity index (χ3v) is 17.8. The molecular formula is C79H48N4. The number of pyridine rings is 1. The van der Waals surface area contributed by atoms with Gasteiger partial charge in [-0.1, -0.05) is 218 Å². The van der Waals surface area contributed by atoms with E-state index in [0.29, 0.717) is 5.56 Å². The number of nitrogens with zero attached hydrogens (tertiary/aromatic N) is 4. The third-order valence-electron chi connectivity index (χ3n) is 17.8. The summed E-state index contributed by atoms with van der Waals surface area (Å²) in [4.78, 5) is 5.51. The molecule has 0 fully saturated rings. The molecule has 0 N–H and O–H groups in total. The van der Waals surface area contributed by atoms with Crippen LogP contribution in [-0.4, -0.2) is 14.1 Å². The van der Waals surface area contributed by atoms with Crippen LogP contribution in [0, 0.1) is 11.3 Å². The van der Waals surface area contributed by atoms with Gasteiger partial charge in [0.2, 0.25) is 0 Å². The van der Waals surface area contributed by atoms with E-state index in [1.165, 1.54) is 33.4 Å². The molecule has 3 heterocycles. The first-order valence-electron chi connectivity index (χ1n) is 28.4. The van der Waals surface area contributed by atoms with Gasteiger partial charge in [0.15, 0.2) is 0 Å². The molecule has 0 radical (unpaired) electrons.